The number of nitro groups is 1. The number of ether oxygens (including phenoxy) is 2. The fourth-order valence-electron chi connectivity index (χ4n) is 2.60. The summed E-state index contributed by atoms with van der Waals surface area (Å²) in [6.07, 6.45) is 0. The molecule has 9 heteroatoms. The number of nitriles is 1. The van der Waals surface area contributed by atoms with Crippen LogP contribution in [-0.2, 0) is 0 Å². The summed E-state index contributed by atoms with van der Waals surface area (Å²) < 4.78 is 11.0. The quantitative estimate of drug-likeness (QED) is 0.432. The molecule has 0 atom stereocenters. The molecule has 0 spiro atoms. The Morgan fingerprint density at radius 2 is 1.83 bits per heavy atom. The lowest BCUT2D eigenvalue weighted by Gasteiger charge is -2.11. The molecule has 0 heterocycles. The van der Waals surface area contributed by atoms with Crippen LogP contribution < -0.4 is 14.8 Å². The Labute approximate surface area is 176 Å². The van der Waals surface area contributed by atoms with Gasteiger partial charge in [-0.3, -0.25) is 14.9 Å². The van der Waals surface area contributed by atoms with Crippen LogP contribution in [0.4, 0.5) is 11.4 Å². The minimum atomic E-state index is -0.661. The van der Waals surface area contributed by atoms with E-state index in [1.165, 1.54) is 25.3 Å². The minimum absolute atomic E-state index is 0.143. The molecule has 0 saturated carbocycles. The molecule has 0 aliphatic heterocycles. The molecule has 0 unspecified atom stereocenters. The number of carbonyl (C=O) groups is 1. The Morgan fingerprint density at radius 3 is 2.47 bits per heavy atom. The van der Waals surface area contributed by atoms with Crippen molar-refractivity contribution in [2.24, 2.45) is 0 Å². The summed E-state index contributed by atoms with van der Waals surface area (Å²) in [5.74, 6) is 0.624. The van der Waals surface area contributed by atoms with Gasteiger partial charge in [-0.05, 0) is 48.5 Å². The highest BCUT2D eigenvalue weighted by Crippen LogP contribution is 2.33. The van der Waals surface area contributed by atoms with Crippen molar-refractivity contribution >= 4 is 28.9 Å². The average Bonchev–Trinajstić information content (AvgIpc) is 2.75. The summed E-state index contributed by atoms with van der Waals surface area (Å²) in [5.41, 5.74) is 0.362. The number of nitrogens with zero attached hydrogens (tertiary/aromatic N) is 2. The van der Waals surface area contributed by atoms with E-state index in [0.29, 0.717) is 28.5 Å². The van der Waals surface area contributed by atoms with Crippen molar-refractivity contribution in [2.45, 2.75) is 0 Å². The molecule has 0 aromatic heterocycles. The largest absolute Gasteiger partial charge is 0.493 e. The molecule has 1 amide bonds. The van der Waals surface area contributed by atoms with Gasteiger partial charge in [-0.2, -0.15) is 5.26 Å². The highest BCUT2D eigenvalue weighted by atomic mass is 35.5. The zero-order chi connectivity index (χ0) is 21.7. The van der Waals surface area contributed by atoms with Gasteiger partial charge in [-0.15, -0.1) is 0 Å². The van der Waals surface area contributed by atoms with E-state index in [2.05, 4.69) is 5.32 Å². The first-order chi connectivity index (χ1) is 14.4. The fraction of sp³-hybridized carbons (Fsp3) is 0.0476. The van der Waals surface area contributed by atoms with E-state index in [-0.39, 0.29) is 16.3 Å². The number of anilines is 1. The van der Waals surface area contributed by atoms with Crippen molar-refractivity contribution in [3.8, 4) is 23.3 Å². The van der Waals surface area contributed by atoms with Crippen LogP contribution in [0.15, 0.2) is 60.7 Å². The van der Waals surface area contributed by atoms with Gasteiger partial charge in [0.05, 0.1) is 23.7 Å². The van der Waals surface area contributed by atoms with Crippen LogP contribution in [0.5, 0.6) is 17.2 Å². The number of amides is 1. The highest BCUT2D eigenvalue weighted by Gasteiger charge is 2.20. The summed E-state index contributed by atoms with van der Waals surface area (Å²) in [4.78, 5) is 23.0. The molecule has 0 radical (unpaired) electrons. The van der Waals surface area contributed by atoms with Crippen molar-refractivity contribution in [2.75, 3.05) is 12.4 Å². The van der Waals surface area contributed by atoms with Crippen LogP contribution in [0.3, 0.4) is 0 Å². The maximum Gasteiger partial charge on any atom is 0.282 e. The molecule has 3 rings (SSSR count). The number of carbonyl (C=O) groups excluding carboxylic acids is 1. The van der Waals surface area contributed by atoms with Crippen molar-refractivity contribution in [1.82, 2.24) is 0 Å². The van der Waals surface area contributed by atoms with E-state index in [0.717, 1.165) is 0 Å². The predicted molar refractivity (Wildman–Crippen MR) is 110 cm³/mol. The molecular weight excluding hydrogens is 410 g/mol. The highest BCUT2D eigenvalue weighted by molar-refractivity contribution is 6.31. The second kappa shape index (κ2) is 8.94. The number of rotatable bonds is 6. The van der Waals surface area contributed by atoms with Gasteiger partial charge in [0, 0.05) is 22.8 Å². The monoisotopic (exact) mass is 423 g/mol. The van der Waals surface area contributed by atoms with Crippen LogP contribution in [0, 0.1) is 21.4 Å². The van der Waals surface area contributed by atoms with Gasteiger partial charge >= 0.3 is 0 Å². The second-order valence-electron chi connectivity index (χ2n) is 5.98. The Morgan fingerprint density at radius 1 is 1.10 bits per heavy atom. The van der Waals surface area contributed by atoms with Crippen molar-refractivity contribution in [3.05, 3.63) is 86.9 Å². The summed E-state index contributed by atoms with van der Waals surface area (Å²) in [7, 11) is 1.47. The number of hydrogen-bond acceptors (Lipinski definition) is 6. The summed E-state index contributed by atoms with van der Waals surface area (Å²) in [6, 6.07) is 16.9. The maximum absolute atomic E-state index is 12.5. The third-order valence-electron chi connectivity index (χ3n) is 4.03. The van der Waals surface area contributed by atoms with Crippen LogP contribution in [-0.4, -0.2) is 17.9 Å². The standard InChI is InChI=1S/C21H14ClN3O5/c1-29-20-10-13(12-23)2-9-19(20)30-16-6-4-15(5-7-16)24-21(26)17-11-14(22)3-8-18(17)25(27)28/h2-11H,1H3,(H,24,26). The molecule has 30 heavy (non-hydrogen) atoms. The molecule has 3 aromatic rings. The van der Waals surface area contributed by atoms with Crippen LogP contribution in [0.1, 0.15) is 15.9 Å². The van der Waals surface area contributed by atoms with E-state index in [9.17, 15) is 14.9 Å². The molecular formula is C21H14ClN3O5. The van der Waals surface area contributed by atoms with Crippen molar-refractivity contribution in [3.63, 3.8) is 0 Å². The Hall–Kier alpha value is -4.09. The molecule has 3 aromatic carbocycles. The van der Waals surface area contributed by atoms with E-state index in [1.54, 1.807) is 42.5 Å². The third kappa shape index (κ3) is 4.66. The zero-order valence-corrected chi connectivity index (χ0v) is 16.3. The number of hydrogen-bond donors (Lipinski definition) is 1. The van der Waals surface area contributed by atoms with E-state index < -0.39 is 10.8 Å². The van der Waals surface area contributed by atoms with Gasteiger partial charge in [0.1, 0.15) is 11.3 Å². The smallest absolute Gasteiger partial charge is 0.282 e. The summed E-state index contributed by atoms with van der Waals surface area (Å²) in [5, 5.41) is 22.9. The Bertz CT molecular complexity index is 1160. The summed E-state index contributed by atoms with van der Waals surface area (Å²) >= 11 is 5.86. The Kier molecular flexibility index (Phi) is 6.15. The van der Waals surface area contributed by atoms with Gasteiger partial charge in [-0.1, -0.05) is 11.6 Å². The zero-order valence-electron chi connectivity index (χ0n) is 15.6. The molecule has 0 fully saturated rings. The fourth-order valence-corrected chi connectivity index (χ4v) is 2.77. The number of nitrogens with one attached hydrogen (secondary N) is 1. The SMILES string of the molecule is COc1cc(C#N)ccc1Oc1ccc(NC(=O)c2cc(Cl)ccc2[N+](=O)[O-])cc1. The summed E-state index contributed by atoms with van der Waals surface area (Å²) in [6.45, 7) is 0. The topological polar surface area (TPSA) is 114 Å². The van der Waals surface area contributed by atoms with Crippen LogP contribution in [0.2, 0.25) is 5.02 Å². The van der Waals surface area contributed by atoms with E-state index in [4.69, 9.17) is 26.3 Å². The first-order valence-corrected chi connectivity index (χ1v) is 8.90. The average molecular weight is 424 g/mol. The van der Waals surface area contributed by atoms with Crippen molar-refractivity contribution in [1.29, 1.82) is 5.26 Å². The van der Waals surface area contributed by atoms with Crippen molar-refractivity contribution < 1.29 is 19.2 Å². The van der Waals surface area contributed by atoms with Gasteiger partial charge in [-0.25, -0.2) is 0 Å². The predicted octanol–water partition coefficient (Wildman–Crippen LogP) is 5.17. The van der Waals surface area contributed by atoms with E-state index >= 15 is 0 Å². The molecule has 1 N–H and O–H groups in total. The number of halogens is 1. The first kappa shape index (κ1) is 20.6. The Balaban J connectivity index is 1.76. The van der Waals surface area contributed by atoms with Gasteiger partial charge < -0.3 is 14.8 Å². The lowest BCUT2D eigenvalue weighted by Crippen LogP contribution is -2.13. The number of nitro benzene ring substituents is 1. The lowest BCUT2D eigenvalue weighted by molar-refractivity contribution is -0.385. The molecule has 0 aliphatic carbocycles. The van der Waals surface area contributed by atoms with Gasteiger partial charge in [0.15, 0.2) is 11.5 Å². The molecule has 0 saturated heterocycles. The molecule has 150 valence electrons. The number of methoxy groups -OCH3 is 1. The van der Waals surface area contributed by atoms with Crippen LogP contribution in [0.25, 0.3) is 0 Å². The normalized spacial score (nSPS) is 10.0. The first-order valence-electron chi connectivity index (χ1n) is 8.52. The van der Waals surface area contributed by atoms with E-state index in [1.807, 2.05) is 6.07 Å². The molecule has 0 bridgehead atoms. The van der Waals surface area contributed by atoms with Gasteiger partial charge in [0.2, 0.25) is 0 Å². The maximum atomic E-state index is 12.5. The van der Waals surface area contributed by atoms with Crippen LogP contribution >= 0.6 is 11.6 Å². The minimum Gasteiger partial charge on any atom is -0.493 e. The molecule has 8 nitrogen and oxygen atoms in total. The lowest BCUT2D eigenvalue weighted by atomic mass is 10.1. The number of benzene rings is 3. The molecule has 0 aliphatic rings. The third-order valence-corrected chi connectivity index (χ3v) is 4.27. The van der Waals surface area contributed by atoms with Gasteiger partial charge in [0.25, 0.3) is 11.6 Å². The second-order valence-corrected chi connectivity index (χ2v) is 6.41.